The van der Waals surface area contributed by atoms with Gasteiger partial charge in [0, 0.05) is 32.2 Å². The van der Waals surface area contributed by atoms with Crippen molar-refractivity contribution in [3.63, 3.8) is 0 Å². The number of ether oxygens (including phenoxy) is 1. The first-order chi connectivity index (χ1) is 9.42. The van der Waals surface area contributed by atoms with Gasteiger partial charge in [-0.3, -0.25) is 14.6 Å². The lowest BCUT2D eigenvalue weighted by Gasteiger charge is -2.21. The highest BCUT2D eigenvalue weighted by molar-refractivity contribution is 5.97. The molecule has 0 spiro atoms. The van der Waals surface area contributed by atoms with Crippen molar-refractivity contribution in [1.29, 1.82) is 0 Å². The van der Waals surface area contributed by atoms with Crippen LogP contribution >= 0.6 is 0 Å². The number of methoxy groups -OCH3 is 1. The van der Waals surface area contributed by atoms with E-state index in [1.165, 1.54) is 7.11 Å². The molecule has 0 bridgehead atoms. The topological polar surface area (TPSA) is 120 Å². The van der Waals surface area contributed by atoms with E-state index in [0.29, 0.717) is 0 Å². The molecule has 1 aromatic rings. The van der Waals surface area contributed by atoms with E-state index in [4.69, 9.17) is 9.84 Å². The fourth-order valence-corrected chi connectivity index (χ4v) is 2.24. The first-order valence-electron chi connectivity index (χ1n) is 5.92. The van der Waals surface area contributed by atoms with E-state index in [1.54, 1.807) is 0 Å². The first-order valence-corrected chi connectivity index (χ1v) is 5.92. The molecule has 20 heavy (non-hydrogen) atoms. The molecule has 8 heteroatoms. The van der Waals surface area contributed by atoms with Crippen LogP contribution < -0.4 is 5.56 Å². The maximum atomic E-state index is 12.3. The zero-order valence-electron chi connectivity index (χ0n) is 10.7. The van der Waals surface area contributed by atoms with E-state index in [0.717, 1.165) is 17.0 Å². The first kappa shape index (κ1) is 14.1. The van der Waals surface area contributed by atoms with Gasteiger partial charge in [0.25, 0.3) is 11.5 Å². The summed E-state index contributed by atoms with van der Waals surface area (Å²) in [5.41, 5.74) is -0.697. The van der Waals surface area contributed by atoms with Gasteiger partial charge in [0.15, 0.2) is 5.88 Å². The van der Waals surface area contributed by atoms with Gasteiger partial charge < -0.3 is 19.8 Å². The van der Waals surface area contributed by atoms with Crippen LogP contribution in [0.3, 0.4) is 0 Å². The molecule has 2 heterocycles. The van der Waals surface area contributed by atoms with Crippen LogP contribution in [0.15, 0.2) is 16.9 Å². The minimum Gasteiger partial charge on any atom is -0.494 e. The predicted octanol–water partition coefficient (Wildman–Crippen LogP) is -0.605. The van der Waals surface area contributed by atoms with Crippen molar-refractivity contribution in [1.82, 2.24) is 9.88 Å². The number of aromatic amines is 1. The van der Waals surface area contributed by atoms with Crippen molar-refractivity contribution in [3.05, 3.63) is 28.0 Å². The Morgan fingerprint density at radius 2 is 2.15 bits per heavy atom. The Morgan fingerprint density at radius 1 is 1.45 bits per heavy atom. The number of pyridine rings is 1. The van der Waals surface area contributed by atoms with Crippen LogP contribution in [0, 0.1) is 0 Å². The van der Waals surface area contributed by atoms with Crippen molar-refractivity contribution in [2.45, 2.75) is 18.6 Å². The van der Waals surface area contributed by atoms with E-state index in [1.807, 2.05) is 0 Å². The van der Waals surface area contributed by atoms with Crippen molar-refractivity contribution >= 4 is 11.9 Å². The summed E-state index contributed by atoms with van der Waals surface area (Å²) >= 11 is 0. The zero-order valence-corrected chi connectivity index (χ0v) is 10.7. The Labute approximate surface area is 113 Å². The third kappa shape index (κ3) is 2.64. The van der Waals surface area contributed by atoms with E-state index in [-0.39, 0.29) is 24.6 Å². The monoisotopic (exact) mass is 282 g/mol. The highest BCUT2D eigenvalue weighted by Gasteiger charge is 2.40. The number of carboxylic acid groups (broad SMARTS) is 1. The normalized spacial score (nSPS) is 21.9. The smallest absolute Gasteiger partial charge is 0.326 e. The molecule has 2 rings (SSSR count). The third-order valence-corrected chi connectivity index (χ3v) is 3.22. The second-order valence-electron chi connectivity index (χ2n) is 4.52. The molecule has 1 aliphatic rings. The van der Waals surface area contributed by atoms with Crippen molar-refractivity contribution in [3.8, 4) is 5.88 Å². The van der Waals surface area contributed by atoms with Gasteiger partial charge >= 0.3 is 5.97 Å². The summed E-state index contributed by atoms with van der Waals surface area (Å²) in [5, 5.41) is 18.4. The molecule has 1 aliphatic heterocycles. The summed E-state index contributed by atoms with van der Waals surface area (Å²) in [6.45, 7) is 0.125. The second kappa shape index (κ2) is 5.33. The number of H-pyrrole nitrogens is 1. The van der Waals surface area contributed by atoms with Gasteiger partial charge in [0.05, 0.1) is 11.7 Å². The Hall–Kier alpha value is -2.35. The fourth-order valence-electron chi connectivity index (χ4n) is 2.24. The highest BCUT2D eigenvalue weighted by atomic mass is 16.5. The molecule has 0 radical (unpaired) electrons. The molecule has 108 valence electrons. The number of rotatable bonds is 3. The molecule has 1 saturated heterocycles. The van der Waals surface area contributed by atoms with E-state index >= 15 is 0 Å². The molecule has 0 saturated carbocycles. The largest absolute Gasteiger partial charge is 0.494 e. The Balaban J connectivity index is 2.31. The molecule has 3 N–H and O–H groups in total. The maximum absolute atomic E-state index is 12.3. The molecular formula is C12H14N2O6. The summed E-state index contributed by atoms with van der Waals surface area (Å²) in [5.74, 6) is -2.21. The number of hydrogen-bond acceptors (Lipinski definition) is 5. The molecule has 8 nitrogen and oxygen atoms in total. The van der Waals surface area contributed by atoms with Crippen LogP contribution in [0.1, 0.15) is 16.8 Å². The Morgan fingerprint density at radius 3 is 2.70 bits per heavy atom. The van der Waals surface area contributed by atoms with E-state index in [2.05, 4.69) is 4.98 Å². The summed E-state index contributed by atoms with van der Waals surface area (Å²) in [4.78, 5) is 37.9. The second-order valence-corrected chi connectivity index (χ2v) is 4.52. The Bertz CT molecular complexity index is 596. The van der Waals surface area contributed by atoms with Crippen molar-refractivity contribution < 1.29 is 24.5 Å². The minimum atomic E-state index is -1.13. The van der Waals surface area contributed by atoms with Gasteiger partial charge in [-0.2, -0.15) is 0 Å². The van der Waals surface area contributed by atoms with Crippen LogP contribution in [0.4, 0.5) is 0 Å². The number of aliphatic carboxylic acids is 1. The summed E-state index contributed by atoms with van der Waals surface area (Å²) in [6.07, 6.45) is -0.178. The summed E-state index contributed by atoms with van der Waals surface area (Å²) in [7, 11) is 1.44. The van der Waals surface area contributed by atoms with Crippen LogP contribution in [-0.4, -0.2) is 57.8 Å². The number of carbonyl (C=O) groups is 2. The average molecular weight is 282 g/mol. The number of aromatic nitrogens is 1. The van der Waals surface area contributed by atoms with Crippen LogP contribution in [0.25, 0.3) is 0 Å². The SMILES string of the molecule is COC1CC(C(=O)O)N(C(=O)c2cc(O)[nH]c(=O)c2)C1. The Kier molecular flexibility index (Phi) is 3.75. The lowest BCUT2D eigenvalue weighted by atomic mass is 10.2. The van der Waals surface area contributed by atoms with Gasteiger partial charge in [0.2, 0.25) is 0 Å². The molecule has 1 aromatic heterocycles. The van der Waals surface area contributed by atoms with E-state index < -0.39 is 29.4 Å². The molecule has 0 aliphatic carbocycles. The maximum Gasteiger partial charge on any atom is 0.326 e. The number of nitrogens with one attached hydrogen (secondary N) is 1. The number of likely N-dealkylation sites (tertiary alicyclic amines) is 1. The van der Waals surface area contributed by atoms with Gasteiger partial charge in [-0.25, -0.2) is 4.79 Å². The molecular weight excluding hydrogens is 268 g/mol. The van der Waals surface area contributed by atoms with Crippen molar-refractivity contribution in [2.24, 2.45) is 0 Å². The lowest BCUT2D eigenvalue weighted by Crippen LogP contribution is -2.40. The highest BCUT2D eigenvalue weighted by Crippen LogP contribution is 2.22. The number of carbonyl (C=O) groups excluding carboxylic acids is 1. The lowest BCUT2D eigenvalue weighted by molar-refractivity contribution is -0.141. The summed E-state index contributed by atoms with van der Waals surface area (Å²) < 4.78 is 5.08. The third-order valence-electron chi connectivity index (χ3n) is 3.22. The number of nitrogens with zero attached hydrogens (tertiary/aromatic N) is 1. The number of hydrogen-bond donors (Lipinski definition) is 3. The zero-order chi connectivity index (χ0) is 14.9. The molecule has 0 aromatic carbocycles. The van der Waals surface area contributed by atoms with Crippen LogP contribution in [0.2, 0.25) is 0 Å². The number of amides is 1. The van der Waals surface area contributed by atoms with Gasteiger partial charge in [-0.15, -0.1) is 0 Å². The number of carboxylic acids is 1. The molecule has 2 unspecified atom stereocenters. The van der Waals surface area contributed by atoms with Gasteiger partial charge in [-0.1, -0.05) is 0 Å². The van der Waals surface area contributed by atoms with Crippen LogP contribution in [0.5, 0.6) is 5.88 Å². The molecule has 2 atom stereocenters. The minimum absolute atomic E-state index is 0.0609. The quantitative estimate of drug-likeness (QED) is 0.680. The predicted molar refractivity (Wildman–Crippen MR) is 66.6 cm³/mol. The standard InChI is InChI=1S/C12H14N2O6/c1-20-7-4-8(12(18)19)14(5-7)11(17)6-2-9(15)13-10(16)3-6/h2-3,7-8H,4-5H2,1H3,(H,18,19)(H2,13,15,16). The number of aromatic hydroxyl groups is 1. The average Bonchev–Trinajstić information content (AvgIpc) is 2.81. The molecule has 1 fully saturated rings. The summed E-state index contributed by atoms with van der Waals surface area (Å²) in [6, 6.07) is 1.10. The van der Waals surface area contributed by atoms with Gasteiger partial charge in [0.1, 0.15) is 6.04 Å². The van der Waals surface area contributed by atoms with Crippen LogP contribution in [-0.2, 0) is 9.53 Å². The van der Waals surface area contributed by atoms with E-state index in [9.17, 15) is 19.5 Å². The fraction of sp³-hybridized carbons (Fsp3) is 0.417. The van der Waals surface area contributed by atoms with Gasteiger partial charge in [-0.05, 0) is 0 Å². The van der Waals surface area contributed by atoms with Crippen molar-refractivity contribution in [2.75, 3.05) is 13.7 Å². The molecule has 1 amide bonds.